The Morgan fingerprint density at radius 2 is 1.94 bits per heavy atom. The van der Waals surface area contributed by atoms with Gasteiger partial charge >= 0.3 is 11.9 Å². The summed E-state index contributed by atoms with van der Waals surface area (Å²) in [6.07, 6.45) is -4.07. The molecule has 1 atom stereocenters. The van der Waals surface area contributed by atoms with Crippen LogP contribution in [0.5, 0.6) is 17.4 Å². The van der Waals surface area contributed by atoms with Crippen molar-refractivity contribution in [1.29, 1.82) is 0 Å². The van der Waals surface area contributed by atoms with Crippen molar-refractivity contribution in [2.24, 2.45) is 0 Å². The van der Waals surface area contributed by atoms with Crippen LogP contribution in [-0.4, -0.2) is 41.7 Å². The van der Waals surface area contributed by atoms with E-state index in [1.807, 2.05) is 0 Å². The zero-order valence-electron chi connectivity index (χ0n) is 19.4. The molecule has 0 bridgehead atoms. The standard InChI is InChI=1S/C23H21ClF3N5O4/c1-4-31-19(11-33)30-32(22(31)34)15-8-14-5-6-28-21(36-17-7-12(2)29-10-16(17)24)20(14)18(9-15)35-13(3)23(25,26)27/h5-10,13,33H,4,11H2,1-3H3. The first-order valence-corrected chi connectivity index (χ1v) is 11.2. The average molecular weight is 524 g/mol. The predicted octanol–water partition coefficient (Wildman–Crippen LogP) is 4.57. The Labute approximate surface area is 207 Å². The molecule has 1 unspecified atom stereocenters. The van der Waals surface area contributed by atoms with Crippen molar-refractivity contribution < 1.29 is 27.8 Å². The summed E-state index contributed by atoms with van der Waals surface area (Å²) in [7, 11) is 0. The minimum atomic E-state index is -4.66. The molecule has 0 saturated carbocycles. The van der Waals surface area contributed by atoms with E-state index in [4.69, 9.17) is 21.1 Å². The molecule has 9 nitrogen and oxygen atoms in total. The van der Waals surface area contributed by atoms with Gasteiger partial charge in [-0.15, -0.1) is 5.10 Å². The SMILES string of the molecule is CCn1c(CO)nn(-c2cc(OC(C)C(F)(F)F)c3c(Oc4cc(C)ncc4Cl)nccc3c2)c1=O. The lowest BCUT2D eigenvalue weighted by molar-refractivity contribution is -0.189. The maximum absolute atomic E-state index is 13.4. The first kappa shape index (κ1) is 25.5. The monoisotopic (exact) mass is 523 g/mol. The highest BCUT2D eigenvalue weighted by molar-refractivity contribution is 6.31. The molecule has 4 aromatic rings. The highest BCUT2D eigenvalue weighted by Crippen LogP contribution is 2.39. The van der Waals surface area contributed by atoms with Crippen LogP contribution in [0.25, 0.3) is 16.5 Å². The largest absolute Gasteiger partial charge is 0.480 e. The van der Waals surface area contributed by atoms with Crippen molar-refractivity contribution in [1.82, 2.24) is 24.3 Å². The van der Waals surface area contributed by atoms with E-state index in [0.29, 0.717) is 11.1 Å². The number of benzene rings is 1. The number of hydrogen-bond donors (Lipinski definition) is 1. The smallest absolute Gasteiger partial charge is 0.425 e. The Bertz CT molecular complexity index is 1490. The van der Waals surface area contributed by atoms with Crippen LogP contribution in [0, 0.1) is 6.92 Å². The summed E-state index contributed by atoms with van der Waals surface area (Å²) in [6, 6.07) is 5.87. The molecule has 0 aliphatic rings. The average Bonchev–Trinajstić information content (AvgIpc) is 3.16. The fourth-order valence-corrected chi connectivity index (χ4v) is 3.66. The molecule has 13 heteroatoms. The predicted molar refractivity (Wildman–Crippen MR) is 125 cm³/mol. The summed E-state index contributed by atoms with van der Waals surface area (Å²) >= 11 is 6.18. The molecule has 0 spiro atoms. The molecule has 190 valence electrons. The van der Waals surface area contributed by atoms with Crippen molar-refractivity contribution in [2.75, 3.05) is 0 Å². The van der Waals surface area contributed by atoms with Gasteiger partial charge in [0, 0.05) is 36.8 Å². The maximum Gasteiger partial charge on any atom is 0.425 e. The fraction of sp³-hybridized carbons (Fsp3) is 0.304. The van der Waals surface area contributed by atoms with Gasteiger partial charge in [0.15, 0.2) is 17.7 Å². The molecular formula is C23H21ClF3N5O4. The Hall–Kier alpha value is -3.64. The molecule has 0 aliphatic heterocycles. The van der Waals surface area contributed by atoms with Crippen LogP contribution in [0.2, 0.25) is 5.02 Å². The summed E-state index contributed by atoms with van der Waals surface area (Å²) in [5, 5.41) is 14.4. The normalized spacial score (nSPS) is 12.7. The van der Waals surface area contributed by atoms with Gasteiger partial charge in [0.05, 0.1) is 11.1 Å². The second-order valence-electron chi connectivity index (χ2n) is 7.83. The van der Waals surface area contributed by atoms with E-state index in [2.05, 4.69) is 15.1 Å². The summed E-state index contributed by atoms with van der Waals surface area (Å²) in [6.45, 7) is 4.03. The third-order valence-electron chi connectivity index (χ3n) is 5.35. The van der Waals surface area contributed by atoms with Gasteiger partial charge in [-0.1, -0.05) is 11.6 Å². The number of hydrogen-bond acceptors (Lipinski definition) is 7. The third-order valence-corrected chi connectivity index (χ3v) is 5.63. The first-order chi connectivity index (χ1) is 17.0. The molecule has 0 amide bonds. The number of alkyl halides is 3. The molecule has 3 aromatic heterocycles. The molecule has 1 aromatic carbocycles. The molecule has 1 N–H and O–H groups in total. The molecule has 0 saturated heterocycles. The Balaban J connectivity index is 1.94. The molecule has 3 heterocycles. The second kappa shape index (κ2) is 9.78. The van der Waals surface area contributed by atoms with Crippen molar-refractivity contribution in [2.45, 2.75) is 46.2 Å². The van der Waals surface area contributed by atoms with Crippen LogP contribution in [-0.2, 0) is 13.2 Å². The molecular weight excluding hydrogens is 503 g/mol. The van der Waals surface area contributed by atoms with Crippen LogP contribution in [0.1, 0.15) is 25.4 Å². The molecule has 36 heavy (non-hydrogen) atoms. The van der Waals surface area contributed by atoms with Crippen LogP contribution in [0.3, 0.4) is 0 Å². The Morgan fingerprint density at radius 3 is 2.58 bits per heavy atom. The molecule has 4 rings (SSSR count). The van der Waals surface area contributed by atoms with Gasteiger partial charge in [-0.05, 0) is 38.3 Å². The highest BCUT2D eigenvalue weighted by atomic mass is 35.5. The second-order valence-corrected chi connectivity index (χ2v) is 8.24. The van der Waals surface area contributed by atoms with Gasteiger partial charge in [-0.2, -0.15) is 17.9 Å². The molecule has 0 radical (unpaired) electrons. The zero-order chi connectivity index (χ0) is 26.2. The Morgan fingerprint density at radius 1 is 1.19 bits per heavy atom. The van der Waals surface area contributed by atoms with Crippen molar-refractivity contribution in [3.63, 3.8) is 0 Å². The van der Waals surface area contributed by atoms with E-state index in [1.54, 1.807) is 19.9 Å². The lowest BCUT2D eigenvalue weighted by Gasteiger charge is -2.20. The third kappa shape index (κ3) is 4.86. The molecule has 0 fully saturated rings. The van der Waals surface area contributed by atoms with Gasteiger partial charge in [-0.25, -0.2) is 9.78 Å². The van der Waals surface area contributed by atoms with Crippen molar-refractivity contribution in [3.8, 4) is 23.1 Å². The van der Waals surface area contributed by atoms with Gasteiger partial charge < -0.3 is 14.6 Å². The van der Waals surface area contributed by atoms with Crippen molar-refractivity contribution >= 4 is 22.4 Å². The fourth-order valence-electron chi connectivity index (χ4n) is 3.52. The van der Waals surface area contributed by atoms with E-state index >= 15 is 0 Å². The van der Waals surface area contributed by atoms with Crippen molar-refractivity contribution in [3.05, 3.63) is 63.7 Å². The minimum Gasteiger partial charge on any atom is -0.480 e. The van der Waals surface area contributed by atoms with E-state index in [1.165, 1.54) is 35.2 Å². The van der Waals surface area contributed by atoms with E-state index in [9.17, 15) is 23.1 Å². The van der Waals surface area contributed by atoms with Crippen LogP contribution in [0.15, 0.2) is 41.5 Å². The number of aryl methyl sites for hydroxylation is 1. The lowest BCUT2D eigenvalue weighted by Crippen LogP contribution is -2.31. The zero-order valence-corrected chi connectivity index (χ0v) is 20.1. The minimum absolute atomic E-state index is 0.0570. The van der Waals surface area contributed by atoms with Crippen LogP contribution in [0.4, 0.5) is 13.2 Å². The van der Waals surface area contributed by atoms with Gasteiger partial charge in [-0.3, -0.25) is 9.55 Å². The number of aliphatic hydroxyl groups is 1. The quantitative estimate of drug-likeness (QED) is 0.378. The summed E-state index contributed by atoms with van der Waals surface area (Å²) in [5.41, 5.74) is 0.165. The number of rotatable bonds is 7. The number of fused-ring (bicyclic) bond motifs is 1. The molecule has 0 aliphatic carbocycles. The van der Waals surface area contributed by atoms with Gasteiger partial charge in [0.25, 0.3) is 0 Å². The van der Waals surface area contributed by atoms with Crippen LogP contribution < -0.4 is 15.2 Å². The number of pyridine rings is 2. The van der Waals surface area contributed by atoms with Crippen LogP contribution >= 0.6 is 11.6 Å². The maximum atomic E-state index is 13.4. The van der Waals surface area contributed by atoms with Gasteiger partial charge in [0.2, 0.25) is 5.88 Å². The number of aliphatic hydroxyl groups excluding tert-OH is 1. The Kier molecular flexibility index (Phi) is 6.92. The van der Waals surface area contributed by atoms with E-state index in [0.717, 1.165) is 11.6 Å². The van der Waals surface area contributed by atoms with Gasteiger partial charge in [0.1, 0.15) is 17.4 Å². The van der Waals surface area contributed by atoms with E-state index < -0.39 is 24.6 Å². The number of halogens is 4. The number of ether oxygens (including phenoxy) is 2. The lowest BCUT2D eigenvalue weighted by atomic mass is 10.1. The van der Waals surface area contributed by atoms with E-state index in [-0.39, 0.29) is 45.8 Å². The number of aromatic nitrogens is 5. The topological polar surface area (TPSA) is 104 Å². The summed E-state index contributed by atoms with van der Waals surface area (Å²) < 4.78 is 53.7. The summed E-state index contributed by atoms with van der Waals surface area (Å²) in [4.78, 5) is 21.1. The highest BCUT2D eigenvalue weighted by Gasteiger charge is 2.38. The first-order valence-electron chi connectivity index (χ1n) is 10.8. The number of nitrogens with zero attached hydrogens (tertiary/aromatic N) is 5. The summed E-state index contributed by atoms with van der Waals surface area (Å²) in [5.74, 6) is 0.0166.